The topological polar surface area (TPSA) is 103 Å². The highest BCUT2D eigenvalue weighted by molar-refractivity contribution is 7.90. The van der Waals surface area contributed by atoms with Gasteiger partial charge < -0.3 is 14.1 Å². The third-order valence-corrected chi connectivity index (χ3v) is 8.56. The number of rotatable bonds is 5. The highest BCUT2D eigenvalue weighted by Gasteiger charge is 2.27. The number of furan rings is 1. The van der Waals surface area contributed by atoms with Crippen LogP contribution in [0.3, 0.4) is 0 Å². The van der Waals surface area contributed by atoms with E-state index in [1.807, 2.05) is 19.1 Å². The Morgan fingerprint density at radius 3 is 2.54 bits per heavy atom. The van der Waals surface area contributed by atoms with Crippen LogP contribution >= 0.6 is 0 Å². The molecule has 5 aromatic rings. The summed E-state index contributed by atoms with van der Waals surface area (Å²) in [6, 6.07) is 12.4. The van der Waals surface area contributed by atoms with E-state index in [9.17, 15) is 13.5 Å². The van der Waals surface area contributed by atoms with Gasteiger partial charge in [-0.1, -0.05) is 37.0 Å². The smallest absolute Gasteiger partial charge is 0.269 e. The van der Waals surface area contributed by atoms with Crippen molar-refractivity contribution in [3.05, 3.63) is 66.2 Å². The van der Waals surface area contributed by atoms with Crippen LogP contribution in [0.15, 0.2) is 64.2 Å². The van der Waals surface area contributed by atoms with Crippen LogP contribution in [0.2, 0.25) is 0 Å². The van der Waals surface area contributed by atoms with Crippen molar-refractivity contribution in [2.24, 2.45) is 0 Å². The maximum atomic E-state index is 13.5. The third kappa shape index (κ3) is 3.57. The Balaban J connectivity index is 1.59. The zero-order chi connectivity index (χ0) is 24.2. The molecule has 0 saturated heterocycles. The SMILES string of the molecule is Cc1ccc(S(=O)(=O)n2ccc3c2ncc2nc(-c4ccc(CO)o4)n(C4CCCCC4)c23)cc1. The number of hydrogen-bond donors (Lipinski definition) is 1. The lowest BCUT2D eigenvalue weighted by Gasteiger charge is -2.25. The Labute approximate surface area is 202 Å². The van der Waals surface area contributed by atoms with Gasteiger partial charge in [0.15, 0.2) is 17.2 Å². The fourth-order valence-corrected chi connectivity index (χ4v) is 6.42. The van der Waals surface area contributed by atoms with Crippen molar-refractivity contribution in [3.8, 4) is 11.6 Å². The van der Waals surface area contributed by atoms with E-state index in [1.54, 1.807) is 42.7 Å². The lowest BCUT2D eigenvalue weighted by molar-refractivity contribution is 0.248. The van der Waals surface area contributed by atoms with Crippen molar-refractivity contribution in [2.45, 2.75) is 56.6 Å². The second-order valence-corrected chi connectivity index (χ2v) is 11.0. The van der Waals surface area contributed by atoms with E-state index in [-0.39, 0.29) is 17.5 Å². The zero-order valence-corrected chi connectivity index (χ0v) is 20.2. The molecule has 8 nitrogen and oxygen atoms in total. The summed E-state index contributed by atoms with van der Waals surface area (Å²) < 4.78 is 36.2. The number of pyridine rings is 1. The number of aliphatic hydroxyl groups excluding tert-OH is 1. The van der Waals surface area contributed by atoms with Gasteiger partial charge in [0.1, 0.15) is 17.9 Å². The van der Waals surface area contributed by atoms with Crippen LogP contribution in [0.4, 0.5) is 0 Å². The molecule has 0 atom stereocenters. The summed E-state index contributed by atoms with van der Waals surface area (Å²) in [4.78, 5) is 9.61. The maximum Gasteiger partial charge on any atom is 0.269 e. The number of hydrogen-bond acceptors (Lipinski definition) is 6. The highest BCUT2D eigenvalue weighted by atomic mass is 32.2. The summed E-state index contributed by atoms with van der Waals surface area (Å²) in [6.45, 7) is 1.74. The van der Waals surface area contributed by atoms with E-state index < -0.39 is 10.0 Å². The zero-order valence-electron chi connectivity index (χ0n) is 19.4. The van der Waals surface area contributed by atoms with E-state index in [4.69, 9.17) is 9.40 Å². The number of nitrogens with zero attached hydrogens (tertiary/aromatic N) is 4. The van der Waals surface area contributed by atoms with Gasteiger partial charge >= 0.3 is 0 Å². The molecule has 1 aliphatic rings. The van der Waals surface area contributed by atoms with Crippen LogP contribution in [0.5, 0.6) is 0 Å². The minimum Gasteiger partial charge on any atom is -0.455 e. The van der Waals surface area contributed by atoms with Gasteiger partial charge in [0.25, 0.3) is 10.0 Å². The molecule has 0 bridgehead atoms. The molecule has 9 heteroatoms. The van der Waals surface area contributed by atoms with Crippen molar-refractivity contribution in [1.82, 2.24) is 18.5 Å². The summed E-state index contributed by atoms with van der Waals surface area (Å²) >= 11 is 0. The van der Waals surface area contributed by atoms with Crippen molar-refractivity contribution >= 4 is 32.1 Å². The van der Waals surface area contributed by atoms with Crippen LogP contribution < -0.4 is 0 Å². The molecule has 0 spiro atoms. The van der Waals surface area contributed by atoms with Crippen LogP contribution in [-0.2, 0) is 16.6 Å². The number of benzene rings is 1. The Kier molecular flexibility index (Phi) is 5.26. The molecule has 1 aliphatic carbocycles. The average molecular weight is 491 g/mol. The van der Waals surface area contributed by atoms with E-state index in [0.29, 0.717) is 28.5 Å². The van der Waals surface area contributed by atoms with Crippen LogP contribution in [0, 0.1) is 6.92 Å². The van der Waals surface area contributed by atoms with Gasteiger partial charge in [-0.2, -0.15) is 0 Å². The molecule has 0 radical (unpaired) electrons. The number of aromatic nitrogens is 4. The first-order valence-corrected chi connectivity index (χ1v) is 13.3. The third-order valence-electron chi connectivity index (χ3n) is 6.88. The Morgan fingerprint density at radius 1 is 1.06 bits per heavy atom. The normalized spacial score (nSPS) is 15.4. The second kappa shape index (κ2) is 8.35. The number of fused-ring (bicyclic) bond motifs is 3. The van der Waals surface area contributed by atoms with Crippen LogP contribution in [0.25, 0.3) is 33.7 Å². The molecule has 1 saturated carbocycles. The maximum absolute atomic E-state index is 13.5. The molecule has 4 heterocycles. The monoisotopic (exact) mass is 490 g/mol. The molecule has 1 aromatic carbocycles. The average Bonchev–Trinajstić information content (AvgIpc) is 3.60. The molecule has 0 unspecified atom stereocenters. The Bertz CT molecular complexity index is 1640. The largest absolute Gasteiger partial charge is 0.455 e. The quantitative estimate of drug-likeness (QED) is 0.364. The first kappa shape index (κ1) is 22.1. The van der Waals surface area contributed by atoms with E-state index in [2.05, 4.69) is 9.55 Å². The van der Waals surface area contributed by atoms with Gasteiger partial charge in [-0.15, -0.1) is 0 Å². The summed E-state index contributed by atoms with van der Waals surface area (Å²) in [5, 5.41) is 10.2. The van der Waals surface area contributed by atoms with Gasteiger partial charge in [-0.3, -0.25) is 0 Å². The van der Waals surface area contributed by atoms with E-state index >= 15 is 0 Å². The summed E-state index contributed by atoms with van der Waals surface area (Å²) in [7, 11) is -3.81. The fraction of sp³-hybridized carbons (Fsp3) is 0.308. The lowest BCUT2D eigenvalue weighted by Crippen LogP contribution is -2.14. The van der Waals surface area contributed by atoms with Gasteiger partial charge in [0.2, 0.25) is 0 Å². The predicted molar refractivity (Wildman–Crippen MR) is 133 cm³/mol. The number of aliphatic hydroxyl groups is 1. The molecule has 0 amide bonds. The summed E-state index contributed by atoms with van der Waals surface area (Å²) in [5.74, 6) is 1.73. The van der Waals surface area contributed by atoms with Crippen molar-refractivity contribution in [2.75, 3.05) is 0 Å². The first-order chi connectivity index (χ1) is 17.0. The minimum atomic E-state index is -3.81. The van der Waals surface area contributed by atoms with Crippen LogP contribution in [0.1, 0.15) is 49.5 Å². The molecular formula is C26H26N4O4S. The molecular weight excluding hydrogens is 464 g/mol. The molecule has 1 fully saturated rings. The molecule has 6 rings (SSSR count). The van der Waals surface area contributed by atoms with Crippen molar-refractivity contribution in [1.29, 1.82) is 0 Å². The van der Waals surface area contributed by atoms with Crippen LogP contribution in [-0.4, -0.2) is 32.0 Å². The summed E-state index contributed by atoms with van der Waals surface area (Å²) in [5.41, 5.74) is 2.91. The minimum absolute atomic E-state index is 0.185. The second-order valence-electron chi connectivity index (χ2n) is 9.18. The van der Waals surface area contributed by atoms with Gasteiger partial charge in [0.05, 0.1) is 16.6 Å². The molecule has 1 N–H and O–H groups in total. The van der Waals surface area contributed by atoms with Crippen molar-refractivity contribution < 1.29 is 17.9 Å². The summed E-state index contributed by atoms with van der Waals surface area (Å²) in [6.07, 6.45) is 8.69. The molecule has 180 valence electrons. The molecule has 35 heavy (non-hydrogen) atoms. The fourth-order valence-electron chi connectivity index (χ4n) is 5.12. The standard InChI is InChI=1S/C26H26N4O4S/c1-17-7-10-20(11-8-17)35(32,33)29-14-13-21-24-22(15-27-25(21)29)28-26(23-12-9-19(16-31)34-23)30(24)18-5-3-2-4-6-18/h7-15,18,31H,2-6,16H2,1H3. The van der Waals surface area contributed by atoms with Gasteiger partial charge in [-0.05, 0) is 50.1 Å². The number of imidazole rings is 1. The highest BCUT2D eigenvalue weighted by Crippen LogP contribution is 2.39. The lowest BCUT2D eigenvalue weighted by atomic mass is 9.95. The van der Waals surface area contributed by atoms with E-state index in [0.717, 1.165) is 42.1 Å². The predicted octanol–water partition coefficient (Wildman–Crippen LogP) is 5.19. The molecule has 4 aromatic heterocycles. The van der Waals surface area contributed by atoms with Gasteiger partial charge in [-0.25, -0.2) is 22.4 Å². The molecule has 0 aliphatic heterocycles. The Morgan fingerprint density at radius 2 is 1.83 bits per heavy atom. The van der Waals surface area contributed by atoms with E-state index in [1.165, 1.54) is 10.4 Å². The van der Waals surface area contributed by atoms with Crippen molar-refractivity contribution in [3.63, 3.8) is 0 Å². The number of aryl methyl sites for hydroxylation is 1. The van der Waals surface area contributed by atoms with Gasteiger partial charge in [0, 0.05) is 17.6 Å². The first-order valence-electron chi connectivity index (χ1n) is 11.9. The Hall–Kier alpha value is -3.43.